The first kappa shape index (κ1) is 35.7. The molecule has 0 bridgehead atoms. The van der Waals surface area contributed by atoms with Crippen LogP contribution in [0.25, 0.3) is 107 Å². The zero-order valence-electron chi connectivity index (χ0n) is 32.7. The average Bonchev–Trinajstić information content (AvgIpc) is 3.68. The van der Waals surface area contributed by atoms with E-state index >= 15 is 0 Å². The summed E-state index contributed by atoms with van der Waals surface area (Å²) in [4.78, 5) is 35.5. The minimum atomic E-state index is 0.517. The van der Waals surface area contributed by atoms with Crippen molar-refractivity contribution < 1.29 is 0 Å². The Morgan fingerprint density at radius 3 is 1.20 bits per heavy atom. The molecule has 0 atom stereocenters. The predicted octanol–water partition coefficient (Wildman–Crippen LogP) is 12.2. The largest absolute Gasteiger partial charge is 0.308 e. The van der Waals surface area contributed by atoms with Crippen molar-refractivity contribution in [2.45, 2.75) is 0 Å². The Balaban J connectivity index is 1.25. The van der Waals surface area contributed by atoms with Gasteiger partial charge in [-0.2, -0.15) is 0 Å². The molecule has 0 fully saturated rings. The summed E-state index contributed by atoms with van der Waals surface area (Å²) in [6.07, 6.45) is 3.70. The summed E-state index contributed by atoms with van der Waals surface area (Å²) in [6.45, 7) is 0. The maximum atomic E-state index is 5.25. The summed E-state index contributed by atoms with van der Waals surface area (Å²) in [7, 11) is 0. The van der Waals surface area contributed by atoms with Crippen molar-refractivity contribution in [3.05, 3.63) is 207 Å². The summed E-state index contributed by atoms with van der Waals surface area (Å²) in [6, 6.07) is 65.6. The molecule has 11 aromatic rings. The van der Waals surface area contributed by atoms with Crippen LogP contribution >= 0.6 is 0 Å². The Morgan fingerprint density at radius 1 is 0.295 bits per heavy atom. The number of hydrogen-bond donors (Lipinski definition) is 0. The molecule has 8 heteroatoms. The minimum Gasteiger partial charge on any atom is -0.308 e. The first-order chi connectivity index (χ1) is 30.2. The van der Waals surface area contributed by atoms with E-state index in [1.165, 1.54) is 0 Å². The molecular weight excluding hydrogens is 749 g/mol. The van der Waals surface area contributed by atoms with Gasteiger partial charge in [0.25, 0.3) is 0 Å². The lowest BCUT2D eigenvalue weighted by atomic mass is 10.0. The lowest BCUT2D eigenvalue weighted by molar-refractivity contribution is 1.05. The van der Waals surface area contributed by atoms with Gasteiger partial charge in [0.15, 0.2) is 34.9 Å². The molecule has 4 heterocycles. The molecule has 0 unspecified atom stereocenters. The van der Waals surface area contributed by atoms with Crippen molar-refractivity contribution >= 4 is 21.8 Å². The third kappa shape index (κ3) is 6.68. The van der Waals surface area contributed by atoms with Gasteiger partial charge in [-0.3, -0.25) is 4.98 Å². The van der Waals surface area contributed by atoms with E-state index in [1.807, 2.05) is 140 Å². The van der Waals surface area contributed by atoms with Gasteiger partial charge in [0, 0.05) is 62.1 Å². The van der Waals surface area contributed by atoms with Gasteiger partial charge in [0.2, 0.25) is 0 Å². The van der Waals surface area contributed by atoms with E-state index < -0.39 is 0 Å². The van der Waals surface area contributed by atoms with Crippen LogP contribution in [0.15, 0.2) is 207 Å². The molecule has 4 aromatic heterocycles. The zero-order chi connectivity index (χ0) is 40.5. The van der Waals surface area contributed by atoms with Gasteiger partial charge in [-0.1, -0.05) is 158 Å². The fourth-order valence-corrected chi connectivity index (χ4v) is 7.93. The molecule has 0 radical (unpaired) electrons. The first-order valence-corrected chi connectivity index (χ1v) is 20.1. The van der Waals surface area contributed by atoms with Crippen molar-refractivity contribution in [1.29, 1.82) is 0 Å². The van der Waals surface area contributed by atoms with Crippen molar-refractivity contribution in [2.24, 2.45) is 0 Å². The van der Waals surface area contributed by atoms with Gasteiger partial charge >= 0.3 is 0 Å². The standard InChI is InChI=1S/C53H34N8/c1-5-17-35(18-6-1)48-55-49(36-19-7-2-8-20-36)58-52(57-48)42-27-15-28-43(53-59-50(37-21-9-3-10-22-37)56-51(60-53)38-23-11-4-12-24-38)47(42)61-45-29-14-13-26-41(45)44-33-39(30-31-46(44)61)40-25-16-32-54-34-40/h1-34H. The summed E-state index contributed by atoms with van der Waals surface area (Å²) >= 11 is 0. The van der Waals surface area contributed by atoms with Crippen LogP contribution in [0, 0.1) is 0 Å². The third-order valence-electron chi connectivity index (χ3n) is 10.8. The van der Waals surface area contributed by atoms with Crippen molar-refractivity contribution in [3.63, 3.8) is 0 Å². The van der Waals surface area contributed by atoms with Crippen molar-refractivity contribution in [1.82, 2.24) is 39.5 Å². The van der Waals surface area contributed by atoms with Crippen LogP contribution in [0.4, 0.5) is 0 Å². The van der Waals surface area contributed by atoms with E-state index in [2.05, 4.69) is 70.2 Å². The number of hydrogen-bond acceptors (Lipinski definition) is 7. The number of rotatable bonds is 8. The number of aromatic nitrogens is 8. The monoisotopic (exact) mass is 782 g/mol. The Labute approximate surface area is 351 Å². The second-order valence-corrected chi connectivity index (χ2v) is 14.6. The Morgan fingerprint density at radius 2 is 0.721 bits per heavy atom. The quantitative estimate of drug-likeness (QED) is 0.151. The Hall–Kier alpha value is -8.49. The molecule has 0 aliphatic carbocycles. The molecule has 8 nitrogen and oxygen atoms in total. The highest BCUT2D eigenvalue weighted by Crippen LogP contribution is 2.42. The lowest BCUT2D eigenvalue weighted by Crippen LogP contribution is -2.07. The highest BCUT2D eigenvalue weighted by molar-refractivity contribution is 6.11. The third-order valence-corrected chi connectivity index (χ3v) is 10.8. The second-order valence-electron chi connectivity index (χ2n) is 14.6. The summed E-state index contributed by atoms with van der Waals surface area (Å²) in [5, 5.41) is 2.19. The second kappa shape index (κ2) is 15.4. The maximum Gasteiger partial charge on any atom is 0.166 e. The number of nitrogens with zero attached hydrogens (tertiary/aromatic N) is 8. The first-order valence-electron chi connectivity index (χ1n) is 20.1. The van der Waals surface area contributed by atoms with Crippen LogP contribution in [0.2, 0.25) is 0 Å². The van der Waals surface area contributed by atoms with Crippen molar-refractivity contribution in [2.75, 3.05) is 0 Å². The fourth-order valence-electron chi connectivity index (χ4n) is 7.93. The number of fused-ring (bicyclic) bond motifs is 3. The predicted molar refractivity (Wildman–Crippen MR) is 243 cm³/mol. The maximum absolute atomic E-state index is 5.25. The molecular formula is C53H34N8. The summed E-state index contributed by atoms with van der Waals surface area (Å²) in [5.74, 6) is 3.32. The lowest BCUT2D eigenvalue weighted by Gasteiger charge is -2.19. The van der Waals surface area contributed by atoms with E-state index in [0.717, 1.165) is 72.0 Å². The van der Waals surface area contributed by atoms with Gasteiger partial charge in [-0.05, 0) is 42.0 Å². The molecule has 0 aliphatic rings. The number of pyridine rings is 1. The molecule has 0 amide bonds. The van der Waals surface area contributed by atoms with Gasteiger partial charge in [-0.25, -0.2) is 29.9 Å². The van der Waals surface area contributed by atoms with E-state index in [0.29, 0.717) is 34.9 Å². The van der Waals surface area contributed by atoms with Gasteiger partial charge < -0.3 is 4.57 Å². The molecule has 0 aliphatic heterocycles. The van der Waals surface area contributed by atoms with E-state index in [9.17, 15) is 0 Å². The van der Waals surface area contributed by atoms with Crippen molar-refractivity contribution in [3.8, 4) is 85.1 Å². The summed E-state index contributed by atoms with van der Waals surface area (Å²) < 4.78 is 2.31. The molecule has 0 saturated heterocycles. The molecule has 7 aromatic carbocycles. The molecule has 11 rings (SSSR count). The molecule has 0 N–H and O–H groups in total. The highest BCUT2D eigenvalue weighted by atomic mass is 15.1. The Kier molecular flexibility index (Phi) is 8.98. The van der Waals surface area contributed by atoms with E-state index in [-0.39, 0.29) is 0 Å². The van der Waals surface area contributed by atoms with Gasteiger partial charge in [0.1, 0.15) is 0 Å². The Bertz CT molecular complexity index is 3080. The fraction of sp³-hybridized carbons (Fsp3) is 0. The van der Waals surface area contributed by atoms with Crippen LogP contribution < -0.4 is 0 Å². The number of para-hydroxylation sites is 2. The SMILES string of the molecule is c1ccc(-c2nc(-c3ccccc3)nc(-c3cccc(-c4nc(-c5ccccc5)nc(-c5ccccc5)n4)c3-n3c4ccccc4c4cc(-c5cccnc5)ccc43)n2)cc1. The van der Waals surface area contributed by atoms with Crippen LogP contribution in [0.5, 0.6) is 0 Å². The molecule has 61 heavy (non-hydrogen) atoms. The zero-order valence-corrected chi connectivity index (χ0v) is 32.7. The molecule has 0 saturated carbocycles. The van der Waals surface area contributed by atoms with Gasteiger partial charge in [-0.15, -0.1) is 0 Å². The van der Waals surface area contributed by atoms with Crippen LogP contribution in [-0.2, 0) is 0 Å². The van der Waals surface area contributed by atoms with E-state index in [1.54, 1.807) is 6.20 Å². The average molecular weight is 783 g/mol. The van der Waals surface area contributed by atoms with Gasteiger partial charge in [0.05, 0.1) is 16.7 Å². The minimum absolute atomic E-state index is 0.517. The normalized spacial score (nSPS) is 11.3. The molecule has 0 spiro atoms. The van der Waals surface area contributed by atoms with Crippen LogP contribution in [0.1, 0.15) is 0 Å². The highest BCUT2D eigenvalue weighted by Gasteiger charge is 2.25. The molecule has 286 valence electrons. The van der Waals surface area contributed by atoms with E-state index in [4.69, 9.17) is 29.9 Å². The number of benzene rings is 7. The summed E-state index contributed by atoms with van der Waals surface area (Å²) in [5.41, 5.74) is 10.1. The topological polar surface area (TPSA) is 95.2 Å². The smallest absolute Gasteiger partial charge is 0.166 e. The van der Waals surface area contributed by atoms with Crippen LogP contribution in [0.3, 0.4) is 0 Å². The van der Waals surface area contributed by atoms with Crippen LogP contribution in [-0.4, -0.2) is 39.5 Å².